The second kappa shape index (κ2) is 6.03. The van der Waals surface area contributed by atoms with Crippen molar-refractivity contribution in [2.45, 2.75) is 59.3 Å². The maximum Gasteiger partial charge on any atom is 0.161 e. The molecule has 2 aliphatic carbocycles. The van der Waals surface area contributed by atoms with Gasteiger partial charge in [0.05, 0.1) is 5.92 Å². The Hall–Kier alpha value is -2.43. The van der Waals surface area contributed by atoms with Crippen LogP contribution >= 0.6 is 0 Å². The molecular weight excluding hydrogens is 354 g/mol. The van der Waals surface area contributed by atoms with Crippen molar-refractivity contribution in [2.24, 2.45) is 21.7 Å². The molecule has 0 spiro atoms. The van der Waals surface area contributed by atoms with Gasteiger partial charge in [-0.2, -0.15) is 0 Å². The van der Waals surface area contributed by atoms with Crippen LogP contribution in [0.4, 0.5) is 0 Å². The Balaban J connectivity index is 1.92. The predicted molar refractivity (Wildman–Crippen MR) is 107 cm³/mol. The lowest BCUT2D eigenvalue weighted by Crippen LogP contribution is -2.45. The first kappa shape index (κ1) is 18.9. The summed E-state index contributed by atoms with van der Waals surface area (Å²) < 4.78 is 0. The molecule has 28 heavy (non-hydrogen) atoms. The molecule has 1 aromatic carbocycles. The third-order valence-corrected chi connectivity index (χ3v) is 6.20. The van der Waals surface area contributed by atoms with Crippen molar-refractivity contribution in [1.29, 1.82) is 0 Å². The molecule has 1 aliphatic heterocycles. The molecule has 0 bridgehead atoms. The van der Waals surface area contributed by atoms with Crippen LogP contribution < -0.4 is 0 Å². The summed E-state index contributed by atoms with van der Waals surface area (Å²) in [5.74, 6) is -1.24. The first-order valence-corrected chi connectivity index (χ1v) is 9.86. The number of Topliss-reactive ketones (excluding diaryl/α,β-unsaturated/α-hetero) is 2. The molecule has 0 amide bonds. The van der Waals surface area contributed by atoms with Crippen molar-refractivity contribution in [3.8, 4) is 11.5 Å². The van der Waals surface area contributed by atoms with E-state index in [1.54, 1.807) is 6.07 Å². The second-order valence-corrected chi connectivity index (χ2v) is 10.1. The maximum absolute atomic E-state index is 13.2. The Kier molecular flexibility index (Phi) is 4.07. The minimum absolute atomic E-state index is 0.0317. The molecule has 5 nitrogen and oxygen atoms in total. The molecule has 148 valence electrons. The van der Waals surface area contributed by atoms with Crippen molar-refractivity contribution in [3.05, 3.63) is 35.0 Å². The van der Waals surface area contributed by atoms with Gasteiger partial charge in [0.2, 0.25) is 0 Å². The average molecular weight is 381 g/mol. The van der Waals surface area contributed by atoms with Crippen LogP contribution in [0.1, 0.15) is 64.9 Å². The largest absolute Gasteiger partial charge is 0.504 e. The van der Waals surface area contributed by atoms with Gasteiger partial charge in [0.15, 0.2) is 17.3 Å². The zero-order chi connectivity index (χ0) is 20.4. The van der Waals surface area contributed by atoms with Gasteiger partial charge < -0.3 is 10.2 Å². The number of hydrogen-bond donors (Lipinski definition) is 2. The average Bonchev–Trinajstić information content (AvgIpc) is 2.53. The molecule has 5 heteroatoms. The zero-order valence-electron chi connectivity index (χ0n) is 16.9. The quantitative estimate of drug-likeness (QED) is 0.711. The van der Waals surface area contributed by atoms with E-state index in [0.29, 0.717) is 30.4 Å². The number of phenols is 2. The Bertz CT molecular complexity index is 951. The minimum Gasteiger partial charge on any atom is -0.504 e. The standard InChI is InChI=1S/C23H27NO4/c1-22(2)8-13-20(17(27)10-22)19(12-5-6-15(25)16(26)7-12)21-14(24-13)9-23(3,4)11-18(21)28/h5-7,19-20,25-26H,8-11H2,1-4H3/t19-,20?/m0/s1. The lowest BCUT2D eigenvalue weighted by molar-refractivity contribution is -0.124. The molecule has 0 radical (unpaired) electrons. The fraction of sp³-hybridized carbons (Fsp3) is 0.522. The molecule has 1 unspecified atom stereocenters. The second-order valence-electron chi connectivity index (χ2n) is 10.1. The van der Waals surface area contributed by atoms with Crippen LogP contribution in [0.15, 0.2) is 34.5 Å². The number of phenolic OH excluding ortho intramolecular Hbond substituents is 2. The summed E-state index contributed by atoms with van der Waals surface area (Å²) in [6.07, 6.45) is 2.28. The summed E-state index contributed by atoms with van der Waals surface area (Å²) in [5, 5.41) is 19.8. The fourth-order valence-corrected chi connectivity index (χ4v) is 5.11. The monoisotopic (exact) mass is 381 g/mol. The molecule has 3 aliphatic rings. The Morgan fingerprint density at radius 3 is 2.25 bits per heavy atom. The number of aromatic hydroxyl groups is 2. The highest BCUT2D eigenvalue weighted by Crippen LogP contribution is 2.52. The molecule has 2 N–H and O–H groups in total. The molecule has 1 heterocycles. The van der Waals surface area contributed by atoms with E-state index in [9.17, 15) is 19.8 Å². The van der Waals surface area contributed by atoms with Crippen LogP contribution in [0, 0.1) is 16.7 Å². The van der Waals surface area contributed by atoms with E-state index in [-0.39, 0.29) is 33.9 Å². The Morgan fingerprint density at radius 1 is 0.893 bits per heavy atom. The van der Waals surface area contributed by atoms with Crippen LogP contribution in [0.3, 0.4) is 0 Å². The summed E-state index contributed by atoms with van der Waals surface area (Å²) in [7, 11) is 0. The van der Waals surface area contributed by atoms with E-state index in [4.69, 9.17) is 4.99 Å². The molecule has 2 atom stereocenters. The lowest BCUT2D eigenvalue weighted by Gasteiger charge is -2.44. The van der Waals surface area contributed by atoms with Crippen LogP contribution in [0.2, 0.25) is 0 Å². The van der Waals surface area contributed by atoms with Gasteiger partial charge in [0.25, 0.3) is 0 Å². The smallest absolute Gasteiger partial charge is 0.161 e. The van der Waals surface area contributed by atoms with Gasteiger partial charge in [0, 0.05) is 35.7 Å². The minimum atomic E-state index is -0.471. The van der Waals surface area contributed by atoms with Crippen molar-refractivity contribution in [2.75, 3.05) is 0 Å². The number of benzene rings is 1. The summed E-state index contributed by atoms with van der Waals surface area (Å²) in [4.78, 5) is 31.2. The van der Waals surface area contributed by atoms with Gasteiger partial charge >= 0.3 is 0 Å². The molecule has 4 rings (SSSR count). The van der Waals surface area contributed by atoms with Crippen molar-refractivity contribution >= 4 is 17.3 Å². The summed E-state index contributed by atoms with van der Waals surface area (Å²) in [6.45, 7) is 8.28. The number of ketones is 2. The van der Waals surface area contributed by atoms with Crippen molar-refractivity contribution in [3.63, 3.8) is 0 Å². The highest BCUT2D eigenvalue weighted by molar-refractivity contribution is 6.13. The molecule has 1 saturated carbocycles. The van der Waals surface area contributed by atoms with E-state index in [1.165, 1.54) is 12.1 Å². The summed E-state index contributed by atoms with van der Waals surface area (Å²) in [5.41, 5.74) is 2.62. The van der Waals surface area contributed by atoms with Gasteiger partial charge in [-0.3, -0.25) is 14.6 Å². The van der Waals surface area contributed by atoms with E-state index < -0.39 is 11.8 Å². The maximum atomic E-state index is 13.2. The number of rotatable bonds is 1. The van der Waals surface area contributed by atoms with Crippen molar-refractivity contribution in [1.82, 2.24) is 0 Å². The fourth-order valence-electron chi connectivity index (χ4n) is 5.11. The number of hydrogen-bond acceptors (Lipinski definition) is 5. The topological polar surface area (TPSA) is 87.0 Å². The van der Waals surface area contributed by atoms with Gasteiger partial charge in [-0.05, 0) is 41.4 Å². The SMILES string of the molecule is CC1(C)CC(=O)C2C(=NC3=C(C(=O)CC(C)(C)C3)[C@H]2c2ccc(O)c(O)c2)C1. The van der Waals surface area contributed by atoms with Crippen LogP contribution in [-0.4, -0.2) is 27.5 Å². The first-order valence-electron chi connectivity index (χ1n) is 9.86. The van der Waals surface area contributed by atoms with E-state index >= 15 is 0 Å². The molecule has 1 aromatic rings. The van der Waals surface area contributed by atoms with Crippen LogP contribution in [0.25, 0.3) is 0 Å². The summed E-state index contributed by atoms with van der Waals surface area (Å²) in [6, 6.07) is 4.60. The van der Waals surface area contributed by atoms with E-state index in [2.05, 4.69) is 27.7 Å². The summed E-state index contributed by atoms with van der Waals surface area (Å²) >= 11 is 0. The number of fused-ring (bicyclic) bond motifs is 1. The van der Waals surface area contributed by atoms with E-state index in [1.807, 2.05) is 0 Å². The highest BCUT2D eigenvalue weighted by Gasteiger charge is 2.49. The number of aliphatic imine (C=N–C) groups is 1. The predicted octanol–water partition coefficient (Wildman–Crippen LogP) is 4.28. The van der Waals surface area contributed by atoms with E-state index in [0.717, 1.165) is 17.8 Å². The molecule has 0 saturated heterocycles. The molecular formula is C23H27NO4. The highest BCUT2D eigenvalue weighted by atomic mass is 16.3. The number of carbonyl (C=O) groups is 2. The number of nitrogens with zero attached hydrogens (tertiary/aromatic N) is 1. The van der Waals surface area contributed by atoms with Crippen LogP contribution in [-0.2, 0) is 9.59 Å². The van der Waals surface area contributed by atoms with Gasteiger partial charge in [-0.1, -0.05) is 33.8 Å². The third kappa shape index (κ3) is 3.07. The molecule has 1 fully saturated rings. The Morgan fingerprint density at radius 2 is 1.57 bits per heavy atom. The lowest BCUT2D eigenvalue weighted by atomic mass is 9.60. The normalized spacial score (nSPS) is 28.5. The number of allylic oxidation sites excluding steroid dienone is 2. The Labute approximate surface area is 165 Å². The third-order valence-electron chi connectivity index (χ3n) is 6.20. The zero-order valence-corrected chi connectivity index (χ0v) is 16.9. The van der Waals surface area contributed by atoms with Crippen LogP contribution in [0.5, 0.6) is 11.5 Å². The van der Waals surface area contributed by atoms with Gasteiger partial charge in [-0.15, -0.1) is 0 Å². The van der Waals surface area contributed by atoms with Gasteiger partial charge in [0.1, 0.15) is 5.78 Å². The van der Waals surface area contributed by atoms with Crippen molar-refractivity contribution < 1.29 is 19.8 Å². The van der Waals surface area contributed by atoms with Gasteiger partial charge in [-0.25, -0.2) is 0 Å². The molecule has 0 aromatic heterocycles. The number of carbonyl (C=O) groups excluding carboxylic acids is 2. The first-order chi connectivity index (χ1) is 13.0.